The molecule has 128 heavy (non-hydrogen) atoms. The number of hydrogen-bond donors (Lipinski definition) is 1. The Balaban J connectivity index is 0.000000173. The second-order valence-corrected chi connectivity index (χ2v) is 44.4. The van der Waals surface area contributed by atoms with Crippen molar-refractivity contribution >= 4 is 111 Å². The van der Waals surface area contributed by atoms with E-state index >= 15 is 9.59 Å². The normalized spacial score (nSPS) is 15.9. The summed E-state index contributed by atoms with van der Waals surface area (Å²) in [5, 5.41) is 4.02. The number of alkyl halides is 3. The zero-order chi connectivity index (χ0) is 92.7. The first kappa shape index (κ1) is 89.3. The fourth-order valence-electron chi connectivity index (χ4n) is 18.0. The van der Waals surface area contributed by atoms with Gasteiger partial charge in [-0.1, -0.05) is 312 Å². The van der Waals surface area contributed by atoms with Crippen LogP contribution in [0.5, 0.6) is 0 Å². The summed E-state index contributed by atoms with van der Waals surface area (Å²) in [7, 11) is -5.84. The van der Waals surface area contributed by atoms with Crippen LogP contribution in [0.25, 0.3) is 77.8 Å². The molecule has 2 amide bonds. The summed E-state index contributed by atoms with van der Waals surface area (Å²) in [6.45, 7) is 54.2. The Morgan fingerprint density at radius 2 is 0.648 bits per heavy atom. The summed E-state index contributed by atoms with van der Waals surface area (Å²) in [6.07, 6.45) is 4.79. The minimum absolute atomic E-state index is 0.0233. The van der Waals surface area contributed by atoms with Gasteiger partial charge in [-0.15, -0.1) is 0 Å². The lowest BCUT2D eigenvalue weighted by atomic mass is 9.79. The third-order valence-electron chi connectivity index (χ3n) is 25.1. The molecule has 662 valence electrons. The molecule has 0 fully saturated rings. The molecule has 4 aromatic heterocycles. The smallest absolute Gasteiger partial charge is 0.454 e. The van der Waals surface area contributed by atoms with E-state index in [0.29, 0.717) is 22.3 Å². The van der Waals surface area contributed by atoms with Gasteiger partial charge in [-0.25, -0.2) is 0 Å². The average Bonchev–Trinajstić information content (AvgIpc) is 1.53. The Bertz CT molecular complexity index is 6560. The molecule has 0 saturated carbocycles. The first-order chi connectivity index (χ1) is 59.5. The zero-order valence-electron chi connectivity index (χ0n) is 77.7. The first-order valence-corrected chi connectivity index (χ1v) is 45.2. The minimum Gasteiger partial charge on any atom is -0.454 e. The third kappa shape index (κ3) is 16.0. The SMILES string of the molecule is CC(C)(C)c1cc(C(C)(C)C)c2oc(C3=C4C(=O)N(CC(=O)c5ccccc5)C(c5cc6cc(C(C)(C)C)cc(C(C)(C)C)c6o5)=C4C(=O)N3CC(=O)c3ccccc3)cc2c1.CC(C)(C)c1cc(C(C)(C)C)c2oc3c(c2c1)C(c1ccccc1)=CN1CC2=C4c5oc6c(C(C)(C)C)cc(C(C)(C)C)cc6c5C(c5ccccc5)=CN4CC2=C31.O=S(=O)(O)C(F)(F)F. The molecule has 0 radical (unpaired) electrons. The van der Waals surface area contributed by atoms with Crippen molar-refractivity contribution < 1.29 is 63.0 Å². The van der Waals surface area contributed by atoms with Gasteiger partial charge in [-0.05, 0) is 113 Å². The van der Waals surface area contributed by atoms with Crippen molar-refractivity contribution in [3.8, 4) is 0 Å². The number of nitrogens with zero attached hydrogens (tertiary/aromatic N) is 4. The largest absolute Gasteiger partial charge is 0.522 e. The Kier molecular flexibility index (Phi) is 21.5. The number of fused-ring (bicyclic) bond motifs is 14. The quantitative estimate of drug-likeness (QED) is 0.0774. The van der Waals surface area contributed by atoms with Gasteiger partial charge in [0, 0.05) is 101 Å². The zero-order valence-corrected chi connectivity index (χ0v) is 78.5. The van der Waals surface area contributed by atoms with Crippen molar-refractivity contribution in [1.82, 2.24) is 19.6 Å². The number of hydrogen-bond acceptors (Lipinski definition) is 12. The summed E-state index contributed by atoms with van der Waals surface area (Å²) in [5.41, 5.74) is 19.3. The Hall–Kier alpha value is -12.1. The van der Waals surface area contributed by atoms with Gasteiger partial charge >= 0.3 is 15.6 Å². The fourth-order valence-corrected chi connectivity index (χ4v) is 18.0. The lowest BCUT2D eigenvalue weighted by Gasteiger charge is -2.29. The number of halogens is 3. The summed E-state index contributed by atoms with van der Waals surface area (Å²) in [4.78, 5) is 66.5. The third-order valence-corrected chi connectivity index (χ3v) is 25.7. The number of furan rings is 4. The Morgan fingerprint density at radius 1 is 0.367 bits per heavy atom. The van der Waals surface area contributed by atoms with Gasteiger partial charge in [-0.3, -0.25) is 33.5 Å². The van der Waals surface area contributed by atoms with Crippen LogP contribution < -0.4 is 0 Å². The number of ketones is 2. The van der Waals surface area contributed by atoms with Gasteiger partial charge in [0.2, 0.25) is 0 Å². The summed E-state index contributed by atoms with van der Waals surface area (Å²) >= 11 is 0. The summed E-state index contributed by atoms with van der Waals surface area (Å²) < 4.78 is 85.9. The van der Waals surface area contributed by atoms with E-state index in [1.54, 1.807) is 48.5 Å². The lowest BCUT2D eigenvalue weighted by Crippen LogP contribution is -2.35. The van der Waals surface area contributed by atoms with Crippen molar-refractivity contribution in [1.29, 1.82) is 0 Å². The Morgan fingerprint density at radius 3 is 0.930 bits per heavy atom. The Labute approximate surface area is 748 Å². The number of carbonyl (C=O) groups is 4. The molecule has 15 nitrogen and oxygen atoms in total. The van der Waals surface area contributed by atoms with Crippen molar-refractivity contribution in [3.05, 3.63) is 318 Å². The molecule has 0 saturated heterocycles. The molecule has 12 aromatic rings. The molecular formula is C109H113F3N4O11S. The number of benzene rings is 8. The second-order valence-electron chi connectivity index (χ2n) is 43.0. The highest BCUT2D eigenvalue weighted by Crippen LogP contribution is 2.58. The molecule has 18 rings (SSSR count). The maximum absolute atomic E-state index is 15.3. The molecule has 0 bridgehead atoms. The molecule has 1 N–H and O–H groups in total. The van der Waals surface area contributed by atoms with Gasteiger partial charge in [0.1, 0.15) is 33.7 Å². The molecule has 0 spiro atoms. The number of amides is 2. The van der Waals surface area contributed by atoms with E-state index in [9.17, 15) is 22.8 Å². The number of rotatable bonds is 10. The van der Waals surface area contributed by atoms with Gasteiger partial charge in [-0.2, -0.15) is 21.6 Å². The number of carbonyl (C=O) groups excluding carboxylic acids is 4. The van der Waals surface area contributed by atoms with E-state index < -0.39 is 27.4 Å². The van der Waals surface area contributed by atoms with E-state index in [2.05, 4.69) is 298 Å². The van der Waals surface area contributed by atoms with Crippen LogP contribution in [-0.2, 0) is 63.0 Å². The highest BCUT2D eigenvalue weighted by atomic mass is 32.2. The van der Waals surface area contributed by atoms with Crippen LogP contribution in [0.2, 0.25) is 0 Å². The van der Waals surface area contributed by atoms with E-state index in [1.165, 1.54) is 98.8 Å². The van der Waals surface area contributed by atoms with E-state index in [-0.39, 0.29) is 102 Å². The van der Waals surface area contributed by atoms with Crippen LogP contribution in [0.1, 0.15) is 277 Å². The molecule has 19 heteroatoms. The van der Waals surface area contributed by atoms with Crippen molar-refractivity contribution in [3.63, 3.8) is 0 Å². The van der Waals surface area contributed by atoms with Gasteiger partial charge in [0.25, 0.3) is 11.8 Å². The molecule has 8 aromatic carbocycles. The van der Waals surface area contributed by atoms with E-state index in [0.717, 1.165) is 68.8 Å². The van der Waals surface area contributed by atoms with E-state index in [1.807, 2.05) is 24.3 Å². The second kappa shape index (κ2) is 30.8. The van der Waals surface area contributed by atoms with Gasteiger partial charge in [0.05, 0.1) is 48.7 Å². The van der Waals surface area contributed by atoms with E-state index in [4.69, 9.17) is 30.6 Å². The standard InChI is InChI=1S/C54H56N2O6.C54H56N2O2.CHF3O3S/c1-51(2,3)35-23-33-25-41(61-47(33)37(27-35)53(7,8)9)45-43-44(50(60)55(45)29-39(57)31-19-15-13-16-20-31)46(56(49(43)59)30-40(58)32-21-17-14-18-22-32)42-26-34-24-36(52(4,5)6)28-38(48(34)62-42)54(10,11)12;1-51(2,3)33-23-35-43-37(31-19-15-13-16-20-31)27-55-30-40-39(45(55)49(43)57-47(35)41(25-33)53(7,8)9)29-56-28-38(32-21-17-14-18-22-32)44-36-24-34(52(4,5)6)26-42(54(10,11)12)48(36)58-50(44)46(40)56;2-1(3,4)8(5,6)7/h13-28H,29-30H2,1-12H3;13-28H,29-30H2,1-12H3;(H,5,6,7). The molecule has 0 aliphatic carbocycles. The van der Waals surface area contributed by atoms with Crippen LogP contribution in [0, 0.1) is 0 Å². The van der Waals surface area contributed by atoms with Crippen LogP contribution in [0.3, 0.4) is 0 Å². The van der Waals surface area contributed by atoms with Crippen molar-refractivity contribution in [2.45, 2.75) is 215 Å². The maximum Gasteiger partial charge on any atom is 0.522 e. The first-order valence-electron chi connectivity index (χ1n) is 43.8. The topological polar surface area (TPSA) is 188 Å². The van der Waals surface area contributed by atoms with Crippen LogP contribution in [-0.4, -0.2) is 87.6 Å². The number of Topliss-reactive ketones (excluding diaryl/α,β-unsaturated/α-hetero) is 2. The molecule has 10 heterocycles. The highest BCUT2D eigenvalue weighted by Gasteiger charge is 2.53. The average molecular weight is 1740 g/mol. The summed E-state index contributed by atoms with van der Waals surface area (Å²) in [5.74, 6) is 0.756. The van der Waals surface area contributed by atoms with Crippen LogP contribution >= 0.6 is 0 Å². The van der Waals surface area contributed by atoms with Crippen molar-refractivity contribution in [2.75, 3.05) is 26.2 Å². The highest BCUT2D eigenvalue weighted by molar-refractivity contribution is 7.86. The molecule has 0 atom stereocenters. The lowest BCUT2D eigenvalue weighted by molar-refractivity contribution is -0.123. The van der Waals surface area contributed by atoms with Crippen LogP contribution in [0.15, 0.2) is 234 Å². The van der Waals surface area contributed by atoms with Crippen molar-refractivity contribution in [2.24, 2.45) is 0 Å². The van der Waals surface area contributed by atoms with Gasteiger partial charge < -0.3 is 27.5 Å². The predicted molar refractivity (Wildman–Crippen MR) is 505 cm³/mol. The maximum atomic E-state index is 15.3. The molecular weight excluding hydrogens is 1630 g/mol. The molecule has 6 aliphatic heterocycles. The van der Waals surface area contributed by atoms with Gasteiger partial charge in [0.15, 0.2) is 34.6 Å². The molecule has 6 aliphatic rings. The van der Waals surface area contributed by atoms with Crippen LogP contribution in [0.4, 0.5) is 13.2 Å². The fraction of sp³-hybridized carbons (Fsp3) is 0.339. The monoisotopic (exact) mass is 1740 g/mol. The molecule has 0 unspecified atom stereocenters. The predicted octanol–water partition coefficient (Wildman–Crippen LogP) is 26.3. The minimum atomic E-state index is -5.84. The summed E-state index contributed by atoms with van der Waals surface area (Å²) in [6, 6.07) is 61.2.